The average molecular weight is 302 g/mol. The molecule has 120 valence electrons. The number of nitrogens with zero attached hydrogens (tertiary/aromatic N) is 1. The van der Waals surface area contributed by atoms with Crippen LogP contribution in [0.4, 0.5) is 0 Å². The predicted molar refractivity (Wildman–Crippen MR) is 86.3 cm³/mol. The van der Waals surface area contributed by atoms with Crippen LogP contribution in [0.1, 0.15) is 44.2 Å². The minimum Gasteiger partial charge on any atom is -0.391 e. The number of aliphatic hydroxyl groups excluding tert-OH is 1. The van der Waals surface area contributed by atoms with Crippen LogP contribution in [0.25, 0.3) is 0 Å². The molecule has 0 saturated carbocycles. The molecule has 2 aliphatic heterocycles. The molecule has 3 atom stereocenters. The van der Waals surface area contributed by atoms with Gasteiger partial charge in [0, 0.05) is 13.1 Å². The van der Waals surface area contributed by atoms with Crippen LogP contribution in [0.5, 0.6) is 0 Å². The zero-order valence-corrected chi connectivity index (χ0v) is 13.3. The van der Waals surface area contributed by atoms with E-state index in [1.54, 1.807) is 0 Å². The summed E-state index contributed by atoms with van der Waals surface area (Å²) in [4.78, 5) is 15.1. The Morgan fingerprint density at radius 2 is 2.14 bits per heavy atom. The molecular formula is C18H26N2O2. The number of aliphatic hydroxyl groups is 1. The Bertz CT molecular complexity index is 511. The molecule has 4 heteroatoms. The summed E-state index contributed by atoms with van der Waals surface area (Å²) in [6, 6.07) is 9.74. The lowest BCUT2D eigenvalue weighted by Gasteiger charge is -2.50. The summed E-state index contributed by atoms with van der Waals surface area (Å²) in [5.41, 5.74) is 0.633. The molecule has 0 aromatic heterocycles. The van der Waals surface area contributed by atoms with Gasteiger partial charge in [-0.05, 0) is 37.8 Å². The Kier molecular flexibility index (Phi) is 4.50. The number of likely N-dealkylation sites (tertiary alicyclic amines) is 1. The van der Waals surface area contributed by atoms with E-state index >= 15 is 0 Å². The van der Waals surface area contributed by atoms with Gasteiger partial charge in [-0.3, -0.25) is 4.79 Å². The summed E-state index contributed by atoms with van der Waals surface area (Å²) in [6.07, 6.45) is 2.88. The molecule has 4 nitrogen and oxygen atoms in total. The van der Waals surface area contributed by atoms with Crippen LogP contribution in [0.2, 0.25) is 0 Å². The van der Waals surface area contributed by atoms with Gasteiger partial charge in [-0.2, -0.15) is 0 Å². The first kappa shape index (κ1) is 15.5. The molecule has 2 saturated heterocycles. The molecule has 1 aromatic carbocycles. The van der Waals surface area contributed by atoms with Crippen molar-refractivity contribution in [3.8, 4) is 0 Å². The number of piperidine rings is 2. The molecule has 1 amide bonds. The third kappa shape index (κ3) is 2.66. The van der Waals surface area contributed by atoms with Crippen molar-refractivity contribution in [3.63, 3.8) is 0 Å². The van der Waals surface area contributed by atoms with Gasteiger partial charge in [-0.15, -0.1) is 0 Å². The Morgan fingerprint density at radius 3 is 2.77 bits per heavy atom. The van der Waals surface area contributed by atoms with Gasteiger partial charge in [0.05, 0.1) is 17.6 Å². The minimum atomic E-state index is -0.494. The van der Waals surface area contributed by atoms with Gasteiger partial charge in [-0.1, -0.05) is 37.3 Å². The van der Waals surface area contributed by atoms with E-state index in [4.69, 9.17) is 0 Å². The molecular weight excluding hydrogens is 276 g/mol. The van der Waals surface area contributed by atoms with Crippen molar-refractivity contribution >= 4 is 5.91 Å². The number of hydrogen-bond donors (Lipinski definition) is 2. The third-order valence-electron chi connectivity index (χ3n) is 5.09. The van der Waals surface area contributed by atoms with Gasteiger partial charge in [0.1, 0.15) is 0 Å². The summed E-state index contributed by atoms with van der Waals surface area (Å²) in [7, 11) is 0. The van der Waals surface area contributed by atoms with Crippen molar-refractivity contribution in [2.75, 3.05) is 19.6 Å². The topological polar surface area (TPSA) is 52.6 Å². The van der Waals surface area contributed by atoms with E-state index in [1.807, 2.05) is 35.2 Å². The summed E-state index contributed by atoms with van der Waals surface area (Å²) in [5.74, 6) is 0.223. The quantitative estimate of drug-likeness (QED) is 0.899. The Morgan fingerprint density at radius 1 is 1.36 bits per heavy atom. The molecule has 22 heavy (non-hydrogen) atoms. The van der Waals surface area contributed by atoms with E-state index in [1.165, 1.54) is 0 Å². The summed E-state index contributed by atoms with van der Waals surface area (Å²) in [5, 5.41) is 14.2. The second-order valence-electron chi connectivity index (χ2n) is 6.69. The maximum Gasteiger partial charge on any atom is 0.230 e. The highest BCUT2D eigenvalue weighted by molar-refractivity contribution is 5.84. The fourth-order valence-corrected chi connectivity index (χ4v) is 4.10. The maximum absolute atomic E-state index is 13.2. The molecule has 0 unspecified atom stereocenters. The lowest BCUT2D eigenvalue weighted by molar-refractivity contribution is -0.161. The monoisotopic (exact) mass is 302 g/mol. The Hall–Kier alpha value is -1.39. The first-order valence-electron chi connectivity index (χ1n) is 8.43. The summed E-state index contributed by atoms with van der Waals surface area (Å²) in [6.45, 7) is 4.46. The minimum absolute atomic E-state index is 0.207. The largest absolute Gasteiger partial charge is 0.391 e. The van der Waals surface area contributed by atoms with Crippen LogP contribution in [0.15, 0.2) is 30.3 Å². The van der Waals surface area contributed by atoms with Crippen LogP contribution in [-0.2, 0) is 4.79 Å². The fraction of sp³-hybridized carbons (Fsp3) is 0.611. The Balaban J connectivity index is 1.93. The van der Waals surface area contributed by atoms with Crippen molar-refractivity contribution in [1.29, 1.82) is 0 Å². The number of rotatable bonds is 3. The van der Waals surface area contributed by atoms with E-state index in [2.05, 4.69) is 12.2 Å². The smallest absolute Gasteiger partial charge is 0.230 e. The standard InChI is InChI=1S/C18H26N2O2/c1-2-11-20-16(14-7-4-3-5-8-14)15(21)12-18(17(20)22)9-6-10-19-13-18/h3-5,7-8,15-16,19,21H,2,6,9-13H2,1H3/t15-,16+,18-/m1/s1. The van der Waals surface area contributed by atoms with Crippen molar-refractivity contribution in [2.45, 2.75) is 44.8 Å². The van der Waals surface area contributed by atoms with Crippen molar-refractivity contribution < 1.29 is 9.90 Å². The normalized spacial score (nSPS) is 32.5. The fourth-order valence-electron chi connectivity index (χ4n) is 4.10. The lowest BCUT2D eigenvalue weighted by Crippen LogP contribution is -2.60. The zero-order valence-electron chi connectivity index (χ0n) is 13.3. The second kappa shape index (κ2) is 6.39. The highest BCUT2D eigenvalue weighted by Gasteiger charge is 2.51. The van der Waals surface area contributed by atoms with Crippen molar-refractivity contribution in [2.24, 2.45) is 5.41 Å². The van der Waals surface area contributed by atoms with E-state index < -0.39 is 11.5 Å². The number of carbonyl (C=O) groups is 1. The molecule has 0 aliphatic carbocycles. The van der Waals surface area contributed by atoms with Gasteiger partial charge in [0.25, 0.3) is 0 Å². The van der Waals surface area contributed by atoms with Crippen LogP contribution in [-0.4, -0.2) is 41.7 Å². The number of carbonyl (C=O) groups excluding carboxylic acids is 1. The van der Waals surface area contributed by atoms with Gasteiger partial charge < -0.3 is 15.3 Å². The number of benzene rings is 1. The molecule has 1 aromatic rings. The number of amides is 1. The van der Waals surface area contributed by atoms with E-state index in [9.17, 15) is 9.90 Å². The Labute approximate surface area is 132 Å². The lowest BCUT2D eigenvalue weighted by atomic mass is 9.70. The molecule has 2 N–H and O–H groups in total. The van der Waals surface area contributed by atoms with Crippen LogP contribution in [0.3, 0.4) is 0 Å². The van der Waals surface area contributed by atoms with E-state index in [0.29, 0.717) is 19.5 Å². The SMILES string of the molecule is CCCN1C(=O)[C@]2(CCCNC2)C[C@@H](O)[C@@H]1c1ccccc1. The first-order chi connectivity index (χ1) is 10.7. The highest BCUT2D eigenvalue weighted by atomic mass is 16.3. The van der Waals surface area contributed by atoms with Crippen LogP contribution < -0.4 is 5.32 Å². The van der Waals surface area contributed by atoms with E-state index in [-0.39, 0.29) is 11.9 Å². The third-order valence-corrected chi connectivity index (χ3v) is 5.09. The van der Waals surface area contributed by atoms with Crippen LogP contribution in [0, 0.1) is 5.41 Å². The summed E-state index contributed by atoms with van der Waals surface area (Å²) < 4.78 is 0. The zero-order chi connectivity index (χ0) is 15.6. The molecule has 3 rings (SSSR count). The predicted octanol–water partition coefficient (Wildman–Crippen LogP) is 2.10. The van der Waals surface area contributed by atoms with Gasteiger partial charge >= 0.3 is 0 Å². The molecule has 0 radical (unpaired) electrons. The van der Waals surface area contributed by atoms with E-state index in [0.717, 1.165) is 31.4 Å². The van der Waals surface area contributed by atoms with Gasteiger partial charge in [-0.25, -0.2) is 0 Å². The number of nitrogens with one attached hydrogen (secondary N) is 1. The highest BCUT2D eigenvalue weighted by Crippen LogP contribution is 2.44. The molecule has 0 bridgehead atoms. The van der Waals surface area contributed by atoms with Gasteiger partial charge in [0.2, 0.25) is 5.91 Å². The van der Waals surface area contributed by atoms with Gasteiger partial charge in [0.15, 0.2) is 0 Å². The maximum atomic E-state index is 13.2. The van der Waals surface area contributed by atoms with Crippen LogP contribution >= 0.6 is 0 Å². The molecule has 2 aliphatic rings. The summed E-state index contributed by atoms with van der Waals surface area (Å²) >= 11 is 0. The van der Waals surface area contributed by atoms with Crippen molar-refractivity contribution in [1.82, 2.24) is 10.2 Å². The molecule has 2 heterocycles. The molecule has 1 spiro atoms. The average Bonchev–Trinajstić information content (AvgIpc) is 2.54. The molecule has 2 fully saturated rings. The second-order valence-corrected chi connectivity index (χ2v) is 6.69. The van der Waals surface area contributed by atoms with Crippen molar-refractivity contribution in [3.05, 3.63) is 35.9 Å². The number of hydrogen-bond acceptors (Lipinski definition) is 3. The first-order valence-corrected chi connectivity index (χ1v) is 8.43.